The average molecular weight is 403 g/mol. The lowest BCUT2D eigenvalue weighted by Gasteiger charge is -2.34. The molecule has 2 aromatic rings. The number of aliphatic carboxylic acids is 1. The van der Waals surface area contributed by atoms with Crippen LogP contribution in [-0.2, 0) is 16.8 Å². The summed E-state index contributed by atoms with van der Waals surface area (Å²) in [5, 5.41) is 9.90. The van der Waals surface area contributed by atoms with Gasteiger partial charge in [0.05, 0.1) is 9.89 Å². The van der Waals surface area contributed by atoms with E-state index in [2.05, 4.69) is 15.9 Å². The van der Waals surface area contributed by atoms with Crippen molar-refractivity contribution in [3.63, 3.8) is 0 Å². The molecule has 1 fully saturated rings. The van der Waals surface area contributed by atoms with E-state index in [4.69, 9.17) is 4.74 Å². The van der Waals surface area contributed by atoms with E-state index in [0.29, 0.717) is 19.4 Å². The molecule has 3 rings (SSSR count). The van der Waals surface area contributed by atoms with Crippen molar-refractivity contribution in [2.45, 2.75) is 51.0 Å². The highest BCUT2D eigenvalue weighted by Crippen LogP contribution is 2.43. The van der Waals surface area contributed by atoms with Crippen LogP contribution in [0.25, 0.3) is 0 Å². The van der Waals surface area contributed by atoms with Gasteiger partial charge in [0.25, 0.3) is 0 Å². The number of hydrogen-bond acceptors (Lipinski definition) is 2. The zero-order chi connectivity index (χ0) is 17.9. The second kappa shape index (κ2) is 7.61. The van der Waals surface area contributed by atoms with Gasteiger partial charge in [0.15, 0.2) is 0 Å². The fraction of sp³-hybridized carbons (Fsp3) is 0.381. The molecule has 132 valence electrons. The van der Waals surface area contributed by atoms with Crippen molar-refractivity contribution in [3.8, 4) is 5.75 Å². The maximum Gasteiger partial charge on any atom is 0.314 e. The van der Waals surface area contributed by atoms with E-state index in [-0.39, 0.29) is 0 Å². The van der Waals surface area contributed by atoms with Gasteiger partial charge in [-0.2, -0.15) is 0 Å². The van der Waals surface area contributed by atoms with Crippen molar-refractivity contribution in [2.24, 2.45) is 0 Å². The normalized spacial score (nSPS) is 16.4. The highest BCUT2D eigenvalue weighted by Gasteiger charge is 2.41. The molecule has 0 aromatic heterocycles. The fourth-order valence-electron chi connectivity index (χ4n) is 3.70. The van der Waals surface area contributed by atoms with E-state index in [1.54, 1.807) is 0 Å². The predicted octanol–water partition coefficient (Wildman–Crippen LogP) is 5.62. The smallest absolute Gasteiger partial charge is 0.314 e. The molecule has 1 N–H and O–H groups in total. The monoisotopic (exact) mass is 402 g/mol. The van der Waals surface area contributed by atoms with E-state index in [1.807, 2.05) is 49.4 Å². The Kier molecular flexibility index (Phi) is 5.48. The zero-order valence-corrected chi connectivity index (χ0v) is 16.0. The third-order valence-corrected chi connectivity index (χ3v) is 5.71. The van der Waals surface area contributed by atoms with Gasteiger partial charge in [-0.25, -0.2) is 0 Å². The minimum Gasteiger partial charge on any atom is -0.487 e. The Morgan fingerprint density at radius 3 is 2.44 bits per heavy atom. The number of carboxylic acids is 1. The molecule has 4 heteroatoms. The first-order valence-corrected chi connectivity index (χ1v) is 9.53. The largest absolute Gasteiger partial charge is 0.487 e. The number of hydrogen-bond donors (Lipinski definition) is 1. The molecule has 1 aliphatic carbocycles. The number of ether oxygens (including phenoxy) is 1. The van der Waals surface area contributed by atoms with E-state index < -0.39 is 11.4 Å². The second-order valence-electron chi connectivity index (χ2n) is 6.83. The summed E-state index contributed by atoms with van der Waals surface area (Å²) in [6.07, 6.45) is 4.47. The molecule has 3 nitrogen and oxygen atoms in total. The van der Waals surface area contributed by atoms with Crippen LogP contribution >= 0.6 is 15.9 Å². The Balaban J connectivity index is 1.88. The van der Waals surface area contributed by atoms with Crippen LogP contribution < -0.4 is 4.74 Å². The minimum atomic E-state index is -0.760. The summed E-state index contributed by atoms with van der Waals surface area (Å²) < 4.78 is 6.82. The van der Waals surface area contributed by atoms with Gasteiger partial charge < -0.3 is 9.84 Å². The molecule has 0 amide bonds. The lowest BCUT2D eigenvalue weighted by Crippen LogP contribution is -2.37. The maximum atomic E-state index is 12.0. The van der Waals surface area contributed by atoms with Gasteiger partial charge in [0, 0.05) is 0 Å². The molecule has 2 aromatic carbocycles. The molecule has 0 radical (unpaired) electrons. The Labute approximate surface area is 157 Å². The van der Waals surface area contributed by atoms with Gasteiger partial charge in [-0.15, -0.1) is 0 Å². The van der Waals surface area contributed by atoms with Gasteiger partial charge in [-0.1, -0.05) is 55.7 Å². The molecule has 0 unspecified atom stereocenters. The SMILES string of the molecule is Cc1cc(C2(C(=O)O)CCCCC2)cc(Br)c1OCc1ccccc1. The van der Waals surface area contributed by atoms with E-state index in [9.17, 15) is 9.90 Å². The van der Waals surface area contributed by atoms with Crippen molar-refractivity contribution in [1.82, 2.24) is 0 Å². The number of rotatable bonds is 5. The third kappa shape index (κ3) is 3.74. The fourth-order valence-corrected chi connectivity index (χ4v) is 4.37. The third-order valence-electron chi connectivity index (χ3n) is 5.12. The van der Waals surface area contributed by atoms with Gasteiger partial charge in [0.1, 0.15) is 12.4 Å². The lowest BCUT2D eigenvalue weighted by molar-refractivity contribution is -0.145. The highest BCUT2D eigenvalue weighted by molar-refractivity contribution is 9.10. The molecule has 0 saturated heterocycles. The summed E-state index contributed by atoms with van der Waals surface area (Å²) in [5.74, 6) is 0.0698. The number of carbonyl (C=O) groups is 1. The lowest BCUT2D eigenvalue weighted by atomic mass is 9.69. The van der Waals surface area contributed by atoms with Crippen LogP contribution in [0.15, 0.2) is 46.9 Å². The Morgan fingerprint density at radius 2 is 1.84 bits per heavy atom. The summed E-state index contributed by atoms with van der Waals surface area (Å²) in [6, 6.07) is 13.9. The van der Waals surface area contributed by atoms with E-state index in [1.165, 1.54) is 0 Å². The summed E-state index contributed by atoms with van der Waals surface area (Å²) in [4.78, 5) is 12.0. The van der Waals surface area contributed by atoms with Crippen LogP contribution in [0.2, 0.25) is 0 Å². The van der Waals surface area contributed by atoms with Crippen LogP contribution in [-0.4, -0.2) is 11.1 Å². The maximum absolute atomic E-state index is 12.0. The molecule has 1 saturated carbocycles. The second-order valence-corrected chi connectivity index (χ2v) is 7.68. The van der Waals surface area contributed by atoms with Crippen molar-refractivity contribution in [3.05, 3.63) is 63.6 Å². The van der Waals surface area contributed by atoms with Crippen LogP contribution in [0.4, 0.5) is 0 Å². The Morgan fingerprint density at radius 1 is 1.16 bits per heavy atom. The van der Waals surface area contributed by atoms with Crippen LogP contribution in [0.5, 0.6) is 5.75 Å². The van der Waals surface area contributed by atoms with Gasteiger partial charge in [-0.05, 0) is 58.5 Å². The minimum absolute atomic E-state index is 0.490. The summed E-state index contributed by atoms with van der Waals surface area (Å²) >= 11 is 3.59. The van der Waals surface area contributed by atoms with Crippen molar-refractivity contribution in [1.29, 1.82) is 0 Å². The standard InChI is InChI=1S/C21H23BrO3/c1-15-12-17(21(20(23)24)10-6-3-7-11-21)13-18(22)19(15)25-14-16-8-4-2-5-9-16/h2,4-5,8-9,12-13H,3,6-7,10-11,14H2,1H3,(H,23,24). The highest BCUT2D eigenvalue weighted by atomic mass is 79.9. The van der Waals surface area contributed by atoms with Gasteiger partial charge >= 0.3 is 5.97 Å². The average Bonchev–Trinajstić information content (AvgIpc) is 2.62. The Bertz CT molecular complexity index is 726. The van der Waals surface area contributed by atoms with Crippen LogP contribution in [0.3, 0.4) is 0 Å². The first kappa shape index (κ1) is 18.0. The molecule has 0 heterocycles. The predicted molar refractivity (Wildman–Crippen MR) is 102 cm³/mol. The summed E-state index contributed by atoms with van der Waals surface area (Å²) in [7, 11) is 0. The van der Waals surface area contributed by atoms with Gasteiger partial charge in [-0.3, -0.25) is 4.79 Å². The number of halogens is 1. The molecule has 0 aliphatic heterocycles. The Hall–Kier alpha value is -1.81. The molecule has 1 aliphatic rings. The molecular formula is C21H23BrO3. The first-order chi connectivity index (χ1) is 12.0. The number of carboxylic acid groups (broad SMARTS) is 1. The van der Waals surface area contributed by atoms with Crippen LogP contribution in [0.1, 0.15) is 48.8 Å². The summed E-state index contributed by atoms with van der Waals surface area (Å²) in [5.41, 5.74) is 2.19. The summed E-state index contributed by atoms with van der Waals surface area (Å²) in [6.45, 7) is 2.47. The van der Waals surface area contributed by atoms with Crippen molar-refractivity contribution < 1.29 is 14.6 Å². The molecule has 0 spiro atoms. The quantitative estimate of drug-likeness (QED) is 0.705. The molecule has 0 atom stereocenters. The number of benzene rings is 2. The van der Waals surface area contributed by atoms with Crippen LogP contribution in [0, 0.1) is 6.92 Å². The van der Waals surface area contributed by atoms with E-state index >= 15 is 0 Å². The molecule has 0 bridgehead atoms. The molecular weight excluding hydrogens is 380 g/mol. The molecule has 25 heavy (non-hydrogen) atoms. The first-order valence-electron chi connectivity index (χ1n) is 8.74. The van der Waals surface area contributed by atoms with Gasteiger partial charge in [0.2, 0.25) is 0 Å². The number of aryl methyl sites for hydroxylation is 1. The topological polar surface area (TPSA) is 46.5 Å². The van der Waals surface area contributed by atoms with E-state index in [0.717, 1.165) is 46.2 Å². The van der Waals surface area contributed by atoms with Crippen molar-refractivity contribution >= 4 is 21.9 Å². The van der Waals surface area contributed by atoms with Crippen molar-refractivity contribution in [2.75, 3.05) is 0 Å². The zero-order valence-electron chi connectivity index (χ0n) is 14.4.